The van der Waals surface area contributed by atoms with E-state index in [1.54, 1.807) is 12.0 Å². The maximum Gasteiger partial charge on any atom is 0.317 e. The van der Waals surface area contributed by atoms with Gasteiger partial charge in [0.1, 0.15) is 5.75 Å². The van der Waals surface area contributed by atoms with E-state index in [4.69, 9.17) is 4.74 Å². The van der Waals surface area contributed by atoms with Crippen molar-refractivity contribution in [1.29, 1.82) is 0 Å². The van der Waals surface area contributed by atoms with Crippen LogP contribution in [-0.2, 0) is 6.54 Å². The van der Waals surface area contributed by atoms with Crippen molar-refractivity contribution >= 4 is 6.03 Å². The third-order valence-electron chi connectivity index (χ3n) is 3.83. The Hall–Kier alpha value is -1.71. The van der Waals surface area contributed by atoms with Crippen molar-refractivity contribution in [3.63, 3.8) is 0 Å². The molecule has 0 spiro atoms. The van der Waals surface area contributed by atoms with Crippen LogP contribution in [0.25, 0.3) is 0 Å². The number of nitrogens with one attached hydrogen (secondary N) is 1. The number of carbonyl (C=O) groups excluding carboxylic acids is 1. The van der Waals surface area contributed by atoms with Gasteiger partial charge in [-0.05, 0) is 30.5 Å². The van der Waals surface area contributed by atoms with E-state index in [0.29, 0.717) is 12.6 Å². The van der Waals surface area contributed by atoms with Crippen LogP contribution in [0, 0.1) is 0 Å². The highest BCUT2D eigenvalue weighted by Crippen LogP contribution is 2.18. The van der Waals surface area contributed by atoms with Crippen molar-refractivity contribution in [1.82, 2.24) is 10.2 Å². The van der Waals surface area contributed by atoms with Crippen LogP contribution in [0.1, 0.15) is 37.7 Å². The number of methoxy groups -OCH3 is 1. The molecule has 1 fully saturated rings. The number of hydrogen-bond acceptors (Lipinski definition) is 2. The zero-order valence-corrected chi connectivity index (χ0v) is 12.4. The summed E-state index contributed by atoms with van der Waals surface area (Å²) in [5.41, 5.74) is 1.07. The summed E-state index contributed by atoms with van der Waals surface area (Å²) >= 11 is 0. The SMILES string of the molecule is COc1cccc(CN(C)C(=O)NC2CCCCC2)c1. The second kappa shape index (κ2) is 7.17. The Labute approximate surface area is 121 Å². The van der Waals surface area contributed by atoms with E-state index in [9.17, 15) is 4.79 Å². The van der Waals surface area contributed by atoms with Gasteiger partial charge in [-0.15, -0.1) is 0 Å². The molecule has 0 unspecified atom stereocenters. The predicted molar refractivity (Wildman–Crippen MR) is 79.9 cm³/mol. The fraction of sp³-hybridized carbons (Fsp3) is 0.562. The molecule has 2 rings (SSSR count). The van der Waals surface area contributed by atoms with Crippen molar-refractivity contribution in [2.45, 2.75) is 44.7 Å². The lowest BCUT2D eigenvalue weighted by Crippen LogP contribution is -2.43. The molecule has 0 saturated heterocycles. The molecule has 4 nitrogen and oxygen atoms in total. The molecule has 1 aromatic carbocycles. The summed E-state index contributed by atoms with van der Waals surface area (Å²) in [4.78, 5) is 13.9. The Balaban J connectivity index is 1.86. The molecule has 1 aliphatic rings. The Morgan fingerprint density at radius 2 is 2.10 bits per heavy atom. The summed E-state index contributed by atoms with van der Waals surface area (Å²) in [6, 6.07) is 8.19. The van der Waals surface area contributed by atoms with Crippen LogP contribution in [0.3, 0.4) is 0 Å². The zero-order valence-electron chi connectivity index (χ0n) is 12.4. The van der Waals surface area contributed by atoms with Gasteiger partial charge < -0.3 is 15.0 Å². The van der Waals surface area contributed by atoms with Crippen LogP contribution < -0.4 is 10.1 Å². The lowest BCUT2D eigenvalue weighted by atomic mass is 9.96. The largest absolute Gasteiger partial charge is 0.497 e. The summed E-state index contributed by atoms with van der Waals surface area (Å²) in [5.74, 6) is 0.823. The van der Waals surface area contributed by atoms with E-state index in [1.807, 2.05) is 31.3 Å². The molecule has 0 radical (unpaired) electrons. The van der Waals surface area contributed by atoms with Gasteiger partial charge in [-0.3, -0.25) is 0 Å². The monoisotopic (exact) mass is 276 g/mol. The fourth-order valence-corrected chi connectivity index (χ4v) is 2.65. The van der Waals surface area contributed by atoms with Gasteiger partial charge in [0, 0.05) is 19.6 Å². The molecular formula is C16H24N2O2. The van der Waals surface area contributed by atoms with E-state index in [0.717, 1.165) is 24.2 Å². The summed E-state index contributed by atoms with van der Waals surface area (Å²) in [7, 11) is 3.48. The predicted octanol–water partition coefficient (Wildman–Crippen LogP) is 3.17. The first-order valence-electron chi connectivity index (χ1n) is 7.33. The Morgan fingerprint density at radius 3 is 2.80 bits per heavy atom. The fourth-order valence-electron chi connectivity index (χ4n) is 2.65. The number of hydrogen-bond donors (Lipinski definition) is 1. The Morgan fingerprint density at radius 1 is 1.35 bits per heavy atom. The minimum Gasteiger partial charge on any atom is -0.497 e. The van der Waals surface area contributed by atoms with Crippen LogP contribution in [0.15, 0.2) is 24.3 Å². The minimum absolute atomic E-state index is 0.0136. The van der Waals surface area contributed by atoms with Gasteiger partial charge in [-0.2, -0.15) is 0 Å². The normalized spacial score (nSPS) is 15.7. The highest BCUT2D eigenvalue weighted by atomic mass is 16.5. The van der Waals surface area contributed by atoms with Gasteiger partial charge in [-0.1, -0.05) is 31.4 Å². The number of benzene rings is 1. The molecule has 1 saturated carbocycles. The second-order valence-corrected chi connectivity index (χ2v) is 5.49. The maximum absolute atomic E-state index is 12.2. The molecular weight excluding hydrogens is 252 g/mol. The van der Waals surface area contributed by atoms with E-state index in [-0.39, 0.29) is 6.03 Å². The molecule has 0 aromatic heterocycles. The van der Waals surface area contributed by atoms with Gasteiger partial charge in [0.25, 0.3) is 0 Å². The second-order valence-electron chi connectivity index (χ2n) is 5.49. The molecule has 110 valence electrons. The third kappa shape index (κ3) is 4.15. The number of urea groups is 1. The lowest BCUT2D eigenvalue weighted by molar-refractivity contribution is 0.198. The van der Waals surface area contributed by atoms with Crippen LogP contribution in [0.5, 0.6) is 5.75 Å². The van der Waals surface area contributed by atoms with Gasteiger partial charge >= 0.3 is 6.03 Å². The summed E-state index contributed by atoms with van der Waals surface area (Å²) in [5, 5.41) is 3.12. The highest BCUT2D eigenvalue weighted by Gasteiger charge is 2.17. The molecule has 0 bridgehead atoms. The average molecular weight is 276 g/mol. The Kier molecular flexibility index (Phi) is 5.27. The van der Waals surface area contributed by atoms with Gasteiger partial charge in [0.2, 0.25) is 0 Å². The standard InChI is InChI=1S/C16H24N2O2/c1-18(12-13-7-6-10-15(11-13)20-2)16(19)17-14-8-4-3-5-9-14/h6-7,10-11,14H,3-5,8-9,12H2,1-2H3,(H,17,19). The lowest BCUT2D eigenvalue weighted by Gasteiger charge is -2.26. The molecule has 4 heteroatoms. The topological polar surface area (TPSA) is 41.6 Å². The van der Waals surface area contributed by atoms with Crippen molar-refractivity contribution in [2.75, 3.05) is 14.2 Å². The van der Waals surface area contributed by atoms with Gasteiger partial charge in [-0.25, -0.2) is 4.79 Å². The van der Waals surface area contributed by atoms with E-state index >= 15 is 0 Å². The summed E-state index contributed by atoms with van der Waals surface area (Å²) in [6.45, 7) is 0.593. The van der Waals surface area contributed by atoms with Crippen molar-refractivity contribution < 1.29 is 9.53 Å². The molecule has 0 atom stereocenters. The minimum atomic E-state index is 0.0136. The number of carbonyl (C=O) groups is 1. The Bertz CT molecular complexity index is 442. The van der Waals surface area contributed by atoms with Crippen molar-refractivity contribution in [2.24, 2.45) is 0 Å². The van der Waals surface area contributed by atoms with Gasteiger partial charge in [0.05, 0.1) is 7.11 Å². The number of amides is 2. The summed E-state index contributed by atoms with van der Waals surface area (Å²) < 4.78 is 5.20. The van der Waals surface area contributed by atoms with Crippen LogP contribution >= 0.6 is 0 Å². The first-order chi connectivity index (χ1) is 9.69. The number of ether oxygens (including phenoxy) is 1. The van der Waals surface area contributed by atoms with E-state index in [2.05, 4.69) is 5.32 Å². The van der Waals surface area contributed by atoms with Crippen molar-refractivity contribution in [3.05, 3.63) is 29.8 Å². The molecule has 2 amide bonds. The molecule has 0 heterocycles. The maximum atomic E-state index is 12.2. The first kappa shape index (κ1) is 14.7. The van der Waals surface area contributed by atoms with Crippen LogP contribution in [-0.4, -0.2) is 31.1 Å². The average Bonchev–Trinajstić information content (AvgIpc) is 2.48. The van der Waals surface area contributed by atoms with Crippen molar-refractivity contribution in [3.8, 4) is 5.75 Å². The van der Waals surface area contributed by atoms with Crippen LogP contribution in [0.2, 0.25) is 0 Å². The number of nitrogens with zero attached hydrogens (tertiary/aromatic N) is 1. The first-order valence-corrected chi connectivity index (χ1v) is 7.33. The molecule has 1 aromatic rings. The number of rotatable bonds is 4. The quantitative estimate of drug-likeness (QED) is 0.917. The smallest absolute Gasteiger partial charge is 0.317 e. The van der Waals surface area contributed by atoms with Gasteiger partial charge in [0.15, 0.2) is 0 Å². The molecule has 1 N–H and O–H groups in total. The molecule has 0 aliphatic heterocycles. The van der Waals surface area contributed by atoms with E-state index < -0.39 is 0 Å². The highest BCUT2D eigenvalue weighted by molar-refractivity contribution is 5.74. The molecule has 20 heavy (non-hydrogen) atoms. The molecule has 1 aliphatic carbocycles. The summed E-state index contributed by atoms with van der Waals surface area (Å²) in [6.07, 6.45) is 5.97. The third-order valence-corrected chi connectivity index (χ3v) is 3.83. The van der Waals surface area contributed by atoms with Crippen LogP contribution in [0.4, 0.5) is 4.79 Å². The zero-order chi connectivity index (χ0) is 14.4. The van der Waals surface area contributed by atoms with E-state index in [1.165, 1.54) is 19.3 Å².